The van der Waals surface area contributed by atoms with Gasteiger partial charge in [0.25, 0.3) is 0 Å². The molecule has 7 atom stereocenters. The molecule has 0 spiro atoms. The number of hydrogen-bond acceptors (Lipinski definition) is 11. The molecule has 0 aliphatic carbocycles. The quantitative estimate of drug-likeness (QED) is 0.0658. The number of H-pyrrole nitrogens is 1. The summed E-state index contributed by atoms with van der Waals surface area (Å²) in [6.07, 6.45) is 3.33. The molecule has 1 aromatic heterocycles. The van der Waals surface area contributed by atoms with Crippen molar-refractivity contribution in [1.82, 2.24) is 41.0 Å². The molecule has 326 valence electrons. The van der Waals surface area contributed by atoms with E-state index in [0.717, 1.165) is 0 Å². The number of carbonyl (C=O) groups excluding carboxylic acids is 7. The molecule has 2 saturated heterocycles. The largest absolute Gasteiger partial charge is 0.508 e. The molecule has 3 heterocycles. The van der Waals surface area contributed by atoms with Gasteiger partial charge in [-0.25, -0.2) is 9.78 Å². The van der Waals surface area contributed by atoms with E-state index in [1.807, 2.05) is 0 Å². The smallest absolute Gasteiger partial charge is 0.326 e. The number of nitrogens with one attached hydrogen (secondary N) is 5. The first-order chi connectivity index (χ1) is 29.1. The van der Waals surface area contributed by atoms with Crippen LogP contribution in [0, 0.1) is 0 Å². The number of likely N-dealkylation sites (tertiary alicyclic amines) is 2. The number of primary amides is 1. The first-order valence-corrected chi connectivity index (χ1v) is 20.0. The number of benzene rings is 2. The fourth-order valence-corrected chi connectivity index (χ4v) is 7.45. The van der Waals surface area contributed by atoms with Crippen LogP contribution in [0.1, 0.15) is 55.8 Å². The summed E-state index contributed by atoms with van der Waals surface area (Å²) in [5, 5.41) is 30.0. The van der Waals surface area contributed by atoms with Crippen LogP contribution in [0.25, 0.3) is 0 Å². The maximum atomic E-state index is 14.5. The number of carbonyl (C=O) groups is 8. The third-order valence-electron chi connectivity index (χ3n) is 10.6. The summed E-state index contributed by atoms with van der Waals surface area (Å²) < 4.78 is 0. The highest BCUT2D eigenvalue weighted by Gasteiger charge is 2.44. The van der Waals surface area contributed by atoms with Crippen LogP contribution in [0.2, 0.25) is 0 Å². The summed E-state index contributed by atoms with van der Waals surface area (Å²) in [5.41, 5.74) is 12.9. The lowest BCUT2D eigenvalue weighted by molar-refractivity contribution is -0.148. The number of nitrogens with zero attached hydrogens (tertiary/aromatic N) is 3. The molecule has 2 aliphatic rings. The molecule has 0 bridgehead atoms. The van der Waals surface area contributed by atoms with Crippen molar-refractivity contribution in [3.05, 3.63) is 83.9 Å². The van der Waals surface area contributed by atoms with Gasteiger partial charge >= 0.3 is 5.97 Å². The molecule has 0 unspecified atom stereocenters. The molecule has 7 amide bonds. The number of carboxylic acid groups (broad SMARTS) is 1. The summed E-state index contributed by atoms with van der Waals surface area (Å²) in [5.74, 6) is -6.54. The number of aromatic hydroxyl groups is 1. The lowest BCUT2D eigenvalue weighted by Crippen LogP contribution is -2.60. The predicted molar refractivity (Wildman–Crippen MR) is 217 cm³/mol. The zero-order valence-corrected chi connectivity index (χ0v) is 33.6. The van der Waals surface area contributed by atoms with Crippen LogP contribution >= 0.6 is 0 Å². The Hall–Kier alpha value is -6.83. The number of aromatic nitrogens is 2. The van der Waals surface area contributed by atoms with E-state index >= 15 is 0 Å². The second-order valence-electron chi connectivity index (χ2n) is 15.3. The van der Waals surface area contributed by atoms with Gasteiger partial charge in [-0.2, -0.15) is 0 Å². The standard InChI is InChI=1S/C41H52N10O10/c1-23(42)35(54)46-28(17-24-7-3-2-4-8-24)36(55)47-29(20-34(43)53)37(56)48-30(18-25-11-13-27(52)14-12-25)39(58)51-16-6-10-33(51)40(59)50-15-5-9-32(50)38(57)49-31(41(60)61)19-26-21-44-22-45-26/h2-4,7-8,11-14,21-23,28-33,52H,5-6,9-10,15-20,42H2,1H3,(H2,43,53)(H,44,45)(H,46,54)(H,47,55)(H,48,56)(H,49,57)(H,60,61)/t23-,28-,29-,30-,31-,32-,33-/m0/s1. The number of amides is 7. The van der Waals surface area contributed by atoms with Gasteiger partial charge in [-0.3, -0.25) is 33.6 Å². The molecule has 0 radical (unpaired) electrons. The molecule has 0 saturated carbocycles. The molecule has 3 aromatic rings. The maximum absolute atomic E-state index is 14.5. The SMILES string of the molecule is C[C@H](N)C(=O)N[C@@H](Cc1ccccc1)C(=O)N[C@@H](CC(N)=O)C(=O)N[C@@H](Cc1ccc(O)cc1)C(=O)N1CCC[C@H]1C(=O)N1CCC[C@H]1C(=O)N[C@@H](Cc1cnc[nH]1)C(=O)O. The van der Waals surface area contributed by atoms with Crippen molar-refractivity contribution < 1.29 is 48.6 Å². The summed E-state index contributed by atoms with van der Waals surface area (Å²) in [6, 6.07) is 6.09. The second-order valence-corrected chi connectivity index (χ2v) is 15.3. The molecule has 11 N–H and O–H groups in total. The normalized spacial score (nSPS) is 18.5. The second kappa shape index (κ2) is 20.9. The van der Waals surface area contributed by atoms with Gasteiger partial charge in [0.2, 0.25) is 41.4 Å². The Morgan fingerprint density at radius 3 is 1.97 bits per heavy atom. The van der Waals surface area contributed by atoms with Crippen LogP contribution < -0.4 is 32.7 Å². The molecule has 2 aromatic carbocycles. The van der Waals surface area contributed by atoms with E-state index in [1.54, 1.807) is 30.3 Å². The Bertz CT molecular complexity index is 2050. The van der Waals surface area contributed by atoms with Crippen molar-refractivity contribution in [1.29, 1.82) is 0 Å². The summed E-state index contributed by atoms with van der Waals surface area (Å²) in [6.45, 7) is 1.74. The highest BCUT2D eigenvalue weighted by atomic mass is 16.4. The van der Waals surface area contributed by atoms with Crippen LogP contribution in [-0.4, -0.2) is 133 Å². The highest BCUT2D eigenvalue weighted by molar-refractivity contribution is 5.98. The van der Waals surface area contributed by atoms with E-state index in [1.165, 1.54) is 53.5 Å². The minimum absolute atomic E-state index is 0.00718. The van der Waals surface area contributed by atoms with E-state index < -0.39 is 96.0 Å². The molecular formula is C41H52N10O10. The number of rotatable bonds is 19. The Morgan fingerprint density at radius 1 is 0.754 bits per heavy atom. The van der Waals surface area contributed by atoms with E-state index in [0.29, 0.717) is 29.7 Å². The Labute approximate surface area is 351 Å². The summed E-state index contributed by atoms with van der Waals surface area (Å²) >= 11 is 0. The first-order valence-electron chi connectivity index (χ1n) is 20.0. The molecular weight excluding hydrogens is 793 g/mol. The zero-order chi connectivity index (χ0) is 44.2. The van der Waals surface area contributed by atoms with Crippen molar-refractivity contribution in [3.8, 4) is 5.75 Å². The summed E-state index contributed by atoms with van der Waals surface area (Å²) in [7, 11) is 0. The number of phenolic OH excluding ortho intramolecular Hbond substituents is 1. The third-order valence-corrected chi connectivity index (χ3v) is 10.6. The average Bonchev–Trinajstić information content (AvgIpc) is 4.03. The topological polar surface area (TPSA) is 312 Å². The van der Waals surface area contributed by atoms with Gasteiger partial charge < -0.3 is 57.7 Å². The van der Waals surface area contributed by atoms with Crippen LogP contribution in [0.4, 0.5) is 0 Å². The first kappa shape index (κ1) is 45.3. The van der Waals surface area contributed by atoms with Crippen LogP contribution in [-0.2, 0) is 57.6 Å². The van der Waals surface area contributed by atoms with Crippen molar-refractivity contribution in [2.75, 3.05) is 13.1 Å². The number of hydrogen-bond donors (Lipinski definition) is 9. The van der Waals surface area contributed by atoms with Crippen LogP contribution in [0.5, 0.6) is 5.75 Å². The monoisotopic (exact) mass is 844 g/mol. The Balaban J connectivity index is 1.35. The van der Waals surface area contributed by atoms with Gasteiger partial charge in [0, 0.05) is 44.2 Å². The van der Waals surface area contributed by atoms with E-state index in [4.69, 9.17) is 11.5 Å². The highest BCUT2D eigenvalue weighted by Crippen LogP contribution is 2.26. The van der Waals surface area contributed by atoms with Gasteiger partial charge in [0.05, 0.1) is 18.8 Å². The number of aliphatic carboxylic acids is 1. The number of nitrogens with two attached hydrogens (primary N) is 2. The fraction of sp³-hybridized carbons (Fsp3) is 0.439. The minimum Gasteiger partial charge on any atom is -0.508 e. The average molecular weight is 845 g/mol. The van der Waals surface area contributed by atoms with Gasteiger partial charge in [-0.1, -0.05) is 42.5 Å². The number of phenols is 1. The Kier molecular flexibility index (Phi) is 15.5. The van der Waals surface area contributed by atoms with Crippen molar-refractivity contribution in [2.24, 2.45) is 11.5 Å². The van der Waals surface area contributed by atoms with Gasteiger partial charge in [0.1, 0.15) is 42.0 Å². The van der Waals surface area contributed by atoms with E-state index in [9.17, 15) is 48.6 Å². The zero-order valence-electron chi connectivity index (χ0n) is 33.6. The van der Waals surface area contributed by atoms with Crippen molar-refractivity contribution in [2.45, 2.75) is 101 Å². The van der Waals surface area contributed by atoms with Crippen LogP contribution in [0.15, 0.2) is 67.1 Å². The van der Waals surface area contributed by atoms with E-state index in [-0.39, 0.29) is 50.9 Å². The molecule has 2 fully saturated rings. The van der Waals surface area contributed by atoms with Crippen molar-refractivity contribution in [3.63, 3.8) is 0 Å². The lowest BCUT2D eigenvalue weighted by atomic mass is 10.0. The molecule has 20 nitrogen and oxygen atoms in total. The molecule has 2 aliphatic heterocycles. The number of carboxylic acids is 1. The van der Waals surface area contributed by atoms with Gasteiger partial charge in [0.15, 0.2) is 0 Å². The maximum Gasteiger partial charge on any atom is 0.326 e. The van der Waals surface area contributed by atoms with Gasteiger partial charge in [-0.05, 0) is 55.9 Å². The number of aromatic amines is 1. The van der Waals surface area contributed by atoms with Crippen molar-refractivity contribution >= 4 is 47.3 Å². The molecule has 61 heavy (non-hydrogen) atoms. The molecule has 20 heteroatoms. The third kappa shape index (κ3) is 12.4. The lowest BCUT2D eigenvalue weighted by Gasteiger charge is -2.33. The molecule has 5 rings (SSSR count). The van der Waals surface area contributed by atoms with Crippen LogP contribution in [0.3, 0.4) is 0 Å². The minimum atomic E-state index is -1.60. The van der Waals surface area contributed by atoms with E-state index in [2.05, 4.69) is 31.2 Å². The Morgan fingerprint density at radius 2 is 1.34 bits per heavy atom. The summed E-state index contributed by atoms with van der Waals surface area (Å²) in [4.78, 5) is 116. The predicted octanol–water partition coefficient (Wildman–Crippen LogP) is -1.63. The number of imidazole rings is 1. The van der Waals surface area contributed by atoms with Gasteiger partial charge in [-0.15, -0.1) is 0 Å². The fourth-order valence-electron chi connectivity index (χ4n) is 7.45.